The molecule has 10 aliphatic rings. The zero-order valence-corrected chi connectivity index (χ0v) is 56.3. The third-order valence-electron chi connectivity index (χ3n) is 20.3. The molecule has 10 heterocycles. The number of hydrogen-bond donors (Lipinski definition) is 4. The molecule has 14 rings (SSSR count). The zero-order valence-electron chi connectivity index (χ0n) is 54.7. The lowest BCUT2D eigenvalue weighted by atomic mass is 9.71. The second-order valence-electron chi connectivity index (χ2n) is 25.5. The molecule has 1 amide bonds. The van der Waals surface area contributed by atoms with Crippen molar-refractivity contribution in [1.82, 2.24) is 24.9 Å². The maximum atomic E-state index is 13.6. The number of piperazine rings is 2. The fraction of sp³-hybridized carbons (Fsp3) is 0.493. The maximum Gasteiger partial charge on any atom is 0.329 e. The molecule has 0 aromatic heterocycles. The van der Waals surface area contributed by atoms with Gasteiger partial charge in [0.05, 0.1) is 61.0 Å². The number of carbonyl (C=O) groups is 5. The minimum atomic E-state index is -0.960. The van der Waals surface area contributed by atoms with Gasteiger partial charge in [0, 0.05) is 114 Å². The number of methoxy groups -OCH3 is 2. The molecule has 0 aliphatic carbocycles. The summed E-state index contributed by atoms with van der Waals surface area (Å²) < 4.78 is 59.4. The quantitative estimate of drug-likeness (QED) is 0.0720. The number of nitrogens with zero attached hydrogens (tertiary/aromatic N) is 6. The first-order chi connectivity index (χ1) is 46.2. The van der Waals surface area contributed by atoms with Gasteiger partial charge in [-0.25, -0.2) is 4.79 Å². The van der Waals surface area contributed by atoms with E-state index in [4.69, 9.17) is 53.1 Å². The summed E-state index contributed by atoms with van der Waals surface area (Å²) in [6.07, 6.45) is 4.74. The molecule has 4 saturated heterocycles. The van der Waals surface area contributed by atoms with Crippen molar-refractivity contribution in [1.29, 1.82) is 10.5 Å². The molecule has 0 saturated carbocycles. The number of fused-ring (bicyclic) bond motifs is 18. The van der Waals surface area contributed by atoms with Gasteiger partial charge in [-0.2, -0.15) is 10.5 Å². The summed E-state index contributed by atoms with van der Waals surface area (Å²) in [5.74, 6) is 1.13. The lowest BCUT2D eigenvalue weighted by molar-refractivity contribution is -0.153. The highest BCUT2D eigenvalue weighted by Gasteiger charge is 2.64. The zero-order chi connectivity index (χ0) is 68.2. The molecular formula is C69H76N8O17S2. The van der Waals surface area contributed by atoms with Crippen molar-refractivity contribution in [2.24, 2.45) is 5.73 Å². The molecule has 25 nitrogen and oxygen atoms in total. The Bertz CT molecular complexity index is 4060. The highest BCUT2D eigenvalue weighted by molar-refractivity contribution is 7.99. The van der Waals surface area contributed by atoms with Gasteiger partial charge in [-0.3, -0.25) is 38.8 Å². The van der Waals surface area contributed by atoms with Crippen molar-refractivity contribution in [2.75, 3.05) is 65.6 Å². The number of rotatable bonds is 10. The Morgan fingerprint density at radius 3 is 1.49 bits per heavy atom. The van der Waals surface area contributed by atoms with Gasteiger partial charge in [0.2, 0.25) is 19.5 Å². The standard InChI is InChI=1S/C36H40N4O9S.C33H36N4O8S/c1-7-9-39-21-11-19-10-16(3)31(45-6)30(43)25(19)28(39)29-35-27-26(34-33(47-15-48-34)17(4)32(27)49-18(5)41)23(40(29)22(21)12-37)13-46-36(44)20(14-50-35)38-24(42)8-2;1-6-7-36-19-9-17-8-14(2)28(41-5)27(39)22(17)25(36)26-32-24-23(31-30(43-13-44-31)15(3)29(24)45-16(4)38)21(37(26)20(19)10-34)11-42-33(40)18(35)12-46-32/h7,10,20-23,28-29,35,43H,1,8-9,11,13-15H2,2-6H3,(H,38,42);6,8,18-21,25-26,32,39H,1,7,9,11-13,35H2,2-5H3/t20?,21?,22-,23-,28?,29?,35+;18?,19?,20-,21-,25?,26?,32+/m00/s1. The van der Waals surface area contributed by atoms with E-state index in [1.165, 1.54) is 51.6 Å². The largest absolute Gasteiger partial charge is 0.504 e. The average Bonchev–Trinajstić information content (AvgIpc) is 0.893. The Hall–Kier alpha value is -8.41. The van der Waals surface area contributed by atoms with Gasteiger partial charge in [0.1, 0.15) is 48.9 Å². The fourth-order valence-corrected chi connectivity index (χ4v) is 19.8. The second kappa shape index (κ2) is 25.9. The summed E-state index contributed by atoms with van der Waals surface area (Å²) >= 11 is 2.83. The van der Waals surface area contributed by atoms with Crippen LogP contribution in [0.15, 0.2) is 37.4 Å². The number of nitrogens with two attached hydrogens (primary N) is 1. The maximum absolute atomic E-state index is 13.6. The molecule has 96 heavy (non-hydrogen) atoms. The third-order valence-corrected chi connectivity index (χ3v) is 23.2. The van der Waals surface area contributed by atoms with E-state index in [0.717, 1.165) is 22.3 Å². The summed E-state index contributed by atoms with van der Waals surface area (Å²) in [7, 11) is 3.05. The topological polar surface area (TPSA) is 317 Å². The summed E-state index contributed by atoms with van der Waals surface area (Å²) in [6, 6.07) is 1.97. The van der Waals surface area contributed by atoms with E-state index in [2.05, 4.69) is 50.2 Å². The molecule has 4 fully saturated rings. The number of benzene rings is 4. The summed E-state index contributed by atoms with van der Waals surface area (Å²) in [6.45, 7) is 20.3. The molecule has 27 heteroatoms. The predicted octanol–water partition coefficient (Wildman–Crippen LogP) is 6.80. The van der Waals surface area contributed by atoms with Gasteiger partial charge >= 0.3 is 23.9 Å². The average molecular weight is 1350 g/mol. The molecule has 506 valence electrons. The SMILES string of the molecule is C=CCN1C2c3c(cc(C)c(OC)c3O)CC1[C@H](C#N)N1C2[C@@H]2SCC(N)C(=O)OC[C@H]1c1c3c(c(C)c(OC(C)=O)c12)OCO3.C=CCN1C2c3c(cc(C)c(OC)c3O)CC1[C@H](C#N)N1C2[C@@H]2SCC(NC(=O)CC)C(=O)OC[C@H]1c1c3c(c(C)c(OC(C)=O)c12)OCO3. The van der Waals surface area contributed by atoms with Crippen LogP contribution in [0.25, 0.3) is 0 Å². The van der Waals surface area contributed by atoms with Crippen LogP contribution in [0.4, 0.5) is 0 Å². The van der Waals surface area contributed by atoms with E-state index >= 15 is 0 Å². The number of hydrogen-bond acceptors (Lipinski definition) is 26. The van der Waals surface area contributed by atoms with E-state index in [1.807, 2.05) is 32.9 Å². The van der Waals surface area contributed by atoms with Crippen LogP contribution in [-0.4, -0.2) is 174 Å². The number of carbonyl (C=O) groups excluding carboxylic acids is 5. The molecule has 8 bridgehead atoms. The normalized spacial score (nSPS) is 28.7. The molecule has 4 aromatic carbocycles. The minimum absolute atomic E-state index is 0.0233. The Balaban J connectivity index is 0.000000174. The Kier molecular flexibility index (Phi) is 17.8. The molecule has 8 unspecified atom stereocenters. The van der Waals surface area contributed by atoms with Crippen LogP contribution >= 0.6 is 23.5 Å². The third kappa shape index (κ3) is 10.3. The minimum Gasteiger partial charge on any atom is -0.504 e. The molecule has 0 radical (unpaired) electrons. The number of phenolic OH excluding ortho intramolecular Hbond substituents is 2. The van der Waals surface area contributed by atoms with Crippen LogP contribution in [0, 0.1) is 50.4 Å². The predicted molar refractivity (Wildman–Crippen MR) is 348 cm³/mol. The number of phenols is 2. The Morgan fingerprint density at radius 2 is 1.08 bits per heavy atom. The van der Waals surface area contributed by atoms with Gasteiger partial charge in [0.15, 0.2) is 46.0 Å². The van der Waals surface area contributed by atoms with Crippen molar-refractivity contribution in [3.8, 4) is 69.6 Å². The van der Waals surface area contributed by atoms with E-state index in [0.29, 0.717) is 116 Å². The van der Waals surface area contributed by atoms with Gasteiger partial charge in [-0.1, -0.05) is 31.2 Å². The number of aryl methyl sites for hydroxylation is 2. The molecule has 4 aromatic rings. The van der Waals surface area contributed by atoms with Gasteiger partial charge in [-0.15, -0.1) is 36.7 Å². The van der Waals surface area contributed by atoms with E-state index in [9.17, 15) is 44.7 Å². The number of esters is 4. The lowest BCUT2D eigenvalue weighted by Gasteiger charge is -2.62. The van der Waals surface area contributed by atoms with Gasteiger partial charge in [0.25, 0.3) is 0 Å². The highest BCUT2D eigenvalue weighted by atomic mass is 32.2. The second-order valence-corrected chi connectivity index (χ2v) is 27.8. The Morgan fingerprint density at radius 1 is 0.656 bits per heavy atom. The van der Waals surface area contributed by atoms with Gasteiger partial charge in [-0.05, 0) is 62.8 Å². The molecule has 5 N–H and O–H groups in total. The van der Waals surface area contributed by atoms with Crippen LogP contribution in [0.1, 0.15) is 129 Å². The first-order valence-corrected chi connectivity index (χ1v) is 34.0. The van der Waals surface area contributed by atoms with Crippen molar-refractivity contribution < 1.29 is 81.6 Å². The lowest BCUT2D eigenvalue weighted by Crippen LogP contribution is -2.70. The van der Waals surface area contributed by atoms with Crippen molar-refractivity contribution >= 4 is 53.3 Å². The van der Waals surface area contributed by atoms with Crippen LogP contribution in [-0.2, 0) is 46.3 Å². The summed E-state index contributed by atoms with van der Waals surface area (Å²) in [5, 5.41) is 47.6. The van der Waals surface area contributed by atoms with E-state index < -0.39 is 94.8 Å². The number of nitrogens with one attached hydrogen (secondary N) is 1. The van der Waals surface area contributed by atoms with Crippen molar-refractivity contribution in [3.63, 3.8) is 0 Å². The smallest absolute Gasteiger partial charge is 0.329 e. The van der Waals surface area contributed by atoms with E-state index in [1.54, 1.807) is 26.0 Å². The molecule has 14 atom stereocenters. The number of nitriles is 2. The number of cyclic esters (lactones) is 2. The van der Waals surface area contributed by atoms with Crippen LogP contribution < -0.4 is 48.9 Å². The first-order valence-electron chi connectivity index (χ1n) is 31.9. The van der Waals surface area contributed by atoms with Crippen molar-refractivity contribution in [2.45, 2.75) is 151 Å². The fourth-order valence-electron chi connectivity index (χ4n) is 16.8. The highest BCUT2D eigenvalue weighted by Crippen LogP contribution is 2.67. The number of ether oxygens (including phenoxy) is 10. The summed E-state index contributed by atoms with van der Waals surface area (Å²) in [5.41, 5.74) is 15.0. The number of aromatic hydroxyl groups is 2. The summed E-state index contributed by atoms with van der Waals surface area (Å²) in [4.78, 5) is 73.3. The monoisotopic (exact) mass is 1350 g/mol. The number of amides is 1. The Labute approximate surface area is 563 Å². The molecule has 10 aliphatic heterocycles. The van der Waals surface area contributed by atoms with Crippen molar-refractivity contribution in [3.05, 3.63) is 104 Å². The van der Waals surface area contributed by atoms with Crippen LogP contribution in [0.5, 0.6) is 57.5 Å². The van der Waals surface area contributed by atoms with Crippen LogP contribution in [0.2, 0.25) is 0 Å². The van der Waals surface area contributed by atoms with Gasteiger partial charge < -0.3 is 68.6 Å². The van der Waals surface area contributed by atoms with E-state index in [-0.39, 0.29) is 74.2 Å². The molecular weight excluding hydrogens is 1280 g/mol. The molecule has 0 spiro atoms. The first kappa shape index (κ1) is 66.2. The number of thioether (sulfide) groups is 2. The van der Waals surface area contributed by atoms with Crippen LogP contribution in [0.3, 0.4) is 0 Å².